The van der Waals surface area contributed by atoms with Gasteiger partial charge >= 0.3 is 6.18 Å². The molecule has 1 aliphatic rings. The molecule has 1 aliphatic heterocycles. The predicted molar refractivity (Wildman–Crippen MR) is 102 cm³/mol. The Labute approximate surface area is 168 Å². The molecule has 0 atom stereocenters. The summed E-state index contributed by atoms with van der Waals surface area (Å²) in [5.41, 5.74) is 0.591. The monoisotopic (exact) mass is 422 g/mol. The van der Waals surface area contributed by atoms with Crippen LogP contribution in [0.5, 0.6) is 11.5 Å². The van der Waals surface area contributed by atoms with E-state index in [1.165, 1.54) is 10.7 Å². The lowest BCUT2D eigenvalue weighted by atomic mass is 10.2. The van der Waals surface area contributed by atoms with Crippen molar-refractivity contribution in [3.63, 3.8) is 0 Å². The third-order valence-corrected chi connectivity index (χ3v) is 4.25. The van der Waals surface area contributed by atoms with Gasteiger partial charge in [0.2, 0.25) is 0 Å². The van der Waals surface area contributed by atoms with Crippen LogP contribution >= 0.6 is 0 Å². The number of carbonyl (C=O) groups excluding carboxylic acids is 1. The molecule has 1 aromatic carbocycles. The van der Waals surface area contributed by atoms with Crippen molar-refractivity contribution in [2.45, 2.75) is 6.18 Å². The van der Waals surface area contributed by atoms with Crippen LogP contribution in [-0.2, 0) is 0 Å². The minimum atomic E-state index is -4.52. The van der Waals surface area contributed by atoms with Gasteiger partial charge in [-0.1, -0.05) is 6.07 Å². The Morgan fingerprint density at radius 2 is 2.07 bits per heavy atom. The van der Waals surface area contributed by atoms with Gasteiger partial charge in [0.25, 0.3) is 5.91 Å². The molecule has 0 unspecified atom stereocenters. The van der Waals surface area contributed by atoms with Crippen molar-refractivity contribution in [3.8, 4) is 11.5 Å². The van der Waals surface area contributed by atoms with E-state index in [0.717, 1.165) is 0 Å². The maximum atomic E-state index is 12.4. The number of para-hydroxylation sites is 1. The number of halogens is 3. The Balaban J connectivity index is 1.69. The zero-order chi connectivity index (χ0) is 21.3. The Kier molecular flexibility index (Phi) is 4.98. The summed E-state index contributed by atoms with van der Waals surface area (Å²) < 4.78 is 49.9. The average molecular weight is 422 g/mol. The Morgan fingerprint density at radius 1 is 1.27 bits per heavy atom. The van der Waals surface area contributed by atoms with Crippen molar-refractivity contribution >= 4 is 28.9 Å². The molecular formula is C18H17F3N6O3. The lowest BCUT2D eigenvalue weighted by Gasteiger charge is -2.21. The number of alkyl halides is 3. The third kappa shape index (κ3) is 3.88. The fraction of sp³-hybridized carbons (Fsp3) is 0.278. The molecule has 3 heterocycles. The van der Waals surface area contributed by atoms with Crippen LogP contribution in [-0.4, -0.2) is 53.5 Å². The smallest absolute Gasteiger partial charge is 0.405 e. The van der Waals surface area contributed by atoms with Crippen LogP contribution < -0.4 is 25.4 Å². The zero-order valence-electron chi connectivity index (χ0n) is 15.7. The molecule has 12 heteroatoms. The second-order valence-corrected chi connectivity index (χ2v) is 6.32. The van der Waals surface area contributed by atoms with Gasteiger partial charge < -0.3 is 25.4 Å². The molecular weight excluding hydrogens is 405 g/mol. The lowest BCUT2D eigenvalue weighted by molar-refractivity contribution is -0.123. The third-order valence-electron chi connectivity index (χ3n) is 4.25. The molecule has 9 nitrogen and oxygen atoms in total. The van der Waals surface area contributed by atoms with E-state index in [1.807, 2.05) is 5.32 Å². The topological polar surface area (TPSA) is 102 Å². The van der Waals surface area contributed by atoms with Crippen molar-refractivity contribution in [1.82, 2.24) is 19.9 Å². The SMILES string of the molecule is CNc1cc(Nc2cccc3c2OCCO3)nc2c(C(=O)NCC(F)(F)F)cnn12. The number of ether oxygens (including phenoxy) is 2. The Hall–Kier alpha value is -3.70. The van der Waals surface area contributed by atoms with Crippen molar-refractivity contribution in [1.29, 1.82) is 0 Å². The zero-order valence-corrected chi connectivity index (χ0v) is 15.7. The average Bonchev–Trinajstić information content (AvgIpc) is 3.15. The minimum Gasteiger partial charge on any atom is -0.486 e. The van der Waals surface area contributed by atoms with Crippen molar-refractivity contribution in [2.75, 3.05) is 37.4 Å². The summed E-state index contributed by atoms with van der Waals surface area (Å²) >= 11 is 0. The van der Waals surface area contributed by atoms with E-state index in [-0.39, 0.29) is 11.2 Å². The highest BCUT2D eigenvalue weighted by Gasteiger charge is 2.29. The normalized spacial score (nSPS) is 13.2. The molecule has 3 aromatic rings. The number of benzene rings is 1. The molecule has 4 rings (SSSR count). The number of hydrogen-bond acceptors (Lipinski definition) is 7. The number of hydrogen-bond donors (Lipinski definition) is 3. The van der Waals surface area contributed by atoms with Crippen molar-refractivity contribution in [2.24, 2.45) is 0 Å². The van der Waals surface area contributed by atoms with Crippen LogP contribution in [0, 0.1) is 0 Å². The van der Waals surface area contributed by atoms with Gasteiger partial charge in [-0.25, -0.2) is 4.98 Å². The number of nitrogens with zero attached hydrogens (tertiary/aromatic N) is 3. The number of carbonyl (C=O) groups is 1. The first-order valence-electron chi connectivity index (χ1n) is 8.93. The second kappa shape index (κ2) is 7.61. The highest BCUT2D eigenvalue weighted by molar-refractivity contribution is 6.00. The predicted octanol–water partition coefficient (Wildman–Crippen LogP) is 2.58. The number of nitrogens with one attached hydrogen (secondary N) is 3. The lowest BCUT2D eigenvalue weighted by Crippen LogP contribution is -2.33. The molecule has 0 aliphatic carbocycles. The van der Waals surface area contributed by atoms with Crippen LogP contribution in [0.4, 0.5) is 30.5 Å². The van der Waals surface area contributed by atoms with E-state index < -0.39 is 18.6 Å². The molecule has 0 spiro atoms. The number of rotatable bonds is 5. The largest absolute Gasteiger partial charge is 0.486 e. The van der Waals surface area contributed by atoms with Crippen molar-refractivity contribution < 1.29 is 27.4 Å². The van der Waals surface area contributed by atoms with Crippen molar-refractivity contribution in [3.05, 3.63) is 36.0 Å². The summed E-state index contributed by atoms with van der Waals surface area (Å²) in [6, 6.07) is 6.96. The number of anilines is 3. The summed E-state index contributed by atoms with van der Waals surface area (Å²) in [7, 11) is 1.64. The first-order chi connectivity index (χ1) is 14.4. The van der Waals surface area contributed by atoms with Crippen LogP contribution in [0.1, 0.15) is 10.4 Å². The number of fused-ring (bicyclic) bond motifs is 2. The maximum Gasteiger partial charge on any atom is 0.405 e. The van der Waals surface area contributed by atoms with Crippen LogP contribution in [0.15, 0.2) is 30.5 Å². The van der Waals surface area contributed by atoms with E-state index in [9.17, 15) is 18.0 Å². The summed E-state index contributed by atoms with van der Waals surface area (Å²) in [5.74, 6) is 0.979. The van der Waals surface area contributed by atoms with Crippen LogP contribution in [0.25, 0.3) is 5.65 Å². The maximum absolute atomic E-state index is 12.4. The van der Waals surface area contributed by atoms with Gasteiger partial charge in [0, 0.05) is 13.1 Å². The Morgan fingerprint density at radius 3 is 2.83 bits per heavy atom. The second-order valence-electron chi connectivity index (χ2n) is 6.32. The molecule has 158 valence electrons. The van der Waals surface area contributed by atoms with E-state index in [0.29, 0.717) is 42.0 Å². The van der Waals surface area contributed by atoms with Gasteiger partial charge in [0.1, 0.15) is 37.0 Å². The summed E-state index contributed by atoms with van der Waals surface area (Å²) in [4.78, 5) is 16.6. The van der Waals surface area contributed by atoms with Gasteiger partial charge in [-0.3, -0.25) is 4.79 Å². The van der Waals surface area contributed by atoms with Crippen LogP contribution in [0.3, 0.4) is 0 Å². The van der Waals surface area contributed by atoms with E-state index in [1.54, 1.807) is 31.3 Å². The first-order valence-corrected chi connectivity index (χ1v) is 8.93. The first kappa shape index (κ1) is 19.6. The van der Waals surface area contributed by atoms with Gasteiger partial charge in [-0.05, 0) is 12.1 Å². The summed E-state index contributed by atoms with van der Waals surface area (Å²) in [5, 5.41) is 11.9. The molecule has 0 saturated carbocycles. The summed E-state index contributed by atoms with van der Waals surface area (Å²) in [6.45, 7) is -0.615. The molecule has 0 bridgehead atoms. The molecule has 1 amide bonds. The molecule has 3 N–H and O–H groups in total. The van der Waals surface area contributed by atoms with E-state index in [2.05, 4.69) is 20.7 Å². The van der Waals surface area contributed by atoms with Gasteiger partial charge in [-0.15, -0.1) is 0 Å². The van der Waals surface area contributed by atoms with E-state index >= 15 is 0 Å². The van der Waals surface area contributed by atoms with Gasteiger partial charge in [0.05, 0.1) is 11.9 Å². The highest BCUT2D eigenvalue weighted by Crippen LogP contribution is 2.38. The van der Waals surface area contributed by atoms with Gasteiger partial charge in [-0.2, -0.15) is 22.8 Å². The quantitative estimate of drug-likeness (QED) is 0.581. The standard InChI is InChI=1S/C18H17F3N6O3/c1-22-14-7-13(25-11-3-2-4-12-15(11)30-6-5-29-12)26-16-10(8-24-27(14)16)17(28)23-9-18(19,20)21/h2-4,7-8,22H,5-6,9H2,1H3,(H,23,28)(H,25,26). The molecule has 30 heavy (non-hydrogen) atoms. The minimum absolute atomic E-state index is 0.0888. The summed E-state index contributed by atoms with van der Waals surface area (Å²) in [6.07, 6.45) is -3.36. The van der Waals surface area contributed by atoms with E-state index in [4.69, 9.17) is 9.47 Å². The molecule has 0 fully saturated rings. The highest BCUT2D eigenvalue weighted by atomic mass is 19.4. The molecule has 0 radical (unpaired) electrons. The fourth-order valence-corrected chi connectivity index (χ4v) is 2.95. The Bertz CT molecular complexity index is 1100. The van der Waals surface area contributed by atoms with Crippen LogP contribution in [0.2, 0.25) is 0 Å². The number of aromatic nitrogens is 3. The number of amides is 1. The molecule has 0 saturated heterocycles. The molecule has 2 aromatic heterocycles. The fourth-order valence-electron chi connectivity index (χ4n) is 2.95. The van der Waals surface area contributed by atoms with Gasteiger partial charge in [0.15, 0.2) is 17.1 Å².